The van der Waals surface area contributed by atoms with Gasteiger partial charge in [0.1, 0.15) is 24.0 Å². The third kappa shape index (κ3) is 7.38. The number of ether oxygens (including phenoxy) is 2. The SMILES string of the molecule is C=C/C=C(\C=C/C)N(C)c1nc(C)c(C(=O)OCC)c(-c2ccccc2)c1C(=NC)NCCOC1=CCCC=C1. The summed E-state index contributed by atoms with van der Waals surface area (Å²) in [5.74, 6) is 1.68. The Bertz CT molecular complexity index is 1340. The number of esters is 1. The van der Waals surface area contributed by atoms with E-state index in [1.54, 1.807) is 20.0 Å². The molecule has 1 aromatic heterocycles. The van der Waals surface area contributed by atoms with E-state index in [1.807, 2.05) is 80.4 Å². The van der Waals surface area contributed by atoms with Crippen molar-refractivity contribution in [2.24, 2.45) is 4.99 Å². The maximum Gasteiger partial charge on any atom is 0.340 e. The van der Waals surface area contributed by atoms with Crippen molar-refractivity contribution < 1.29 is 14.3 Å². The van der Waals surface area contributed by atoms with Crippen LogP contribution in [-0.4, -0.2) is 50.6 Å². The summed E-state index contributed by atoms with van der Waals surface area (Å²) in [5.41, 5.74) is 4.12. The van der Waals surface area contributed by atoms with Crippen LogP contribution in [-0.2, 0) is 9.47 Å². The number of allylic oxidation sites excluding steroid dienone is 7. The lowest BCUT2D eigenvalue weighted by atomic mass is 9.92. The van der Waals surface area contributed by atoms with Crippen LogP contribution in [0.5, 0.6) is 0 Å². The maximum atomic E-state index is 13.4. The highest BCUT2D eigenvalue weighted by Crippen LogP contribution is 2.36. The summed E-state index contributed by atoms with van der Waals surface area (Å²) in [5, 5.41) is 3.45. The number of aromatic nitrogens is 1. The van der Waals surface area contributed by atoms with E-state index < -0.39 is 5.97 Å². The number of hydrogen-bond acceptors (Lipinski definition) is 6. The summed E-state index contributed by atoms with van der Waals surface area (Å²) in [4.78, 5) is 25.0. The van der Waals surface area contributed by atoms with Gasteiger partial charge < -0.3 is 19.7 Å². The zero-order chi connectivity index (χ0) is 28.9. The normalized spacial score (nSPS) is 13.7. The zero-order valence-electron chi connectivity index (χ0n) is 24.2. The van der Waals surface area contributed by atoms with Crippen molar-refractivity contribution in [1.29, 1.82) is 0 Å². The largest absolute Gasteiger partial charge is 0.492 e. The van der Waals surface area contributed by atoms with Gasteiger partial charge in [0.2, 0.25) is 0 Å². The van der Waals surface area contributed by atoms with Gasteiger partial charge in [-0.3, -0.25) is 4.99 Å². The van der Waals surface area contributed by atoms with Gasteiger partial charge in [0, 0.05) is 25.4 Å². The smallest absolute Gasteiger partial charge is 0.340 e. The quantitative estimate of drug-likeness (QED) is 0.108. The molecule has 7 nitrogen and oxygen atoms in total. The van der Waals surface area contributed by atoms with E-state index in [4.69, 9.17) is 14.5 Å². The highest BCUT2D eigenvalue weighted by molar-refractivity contribution is 6.13. The molecule has 0 spiro atoms. The Morgan fingerprint density at radius 3 is 2.62 bits per heavy atom. The van der Waals surface area contributed by atoms with E-state index in [0.717, 1.165) is 29.9 Å². The topological polar surface area (TPSA) is 76.1 Å². The first-order chi connectivity index (χ1) is 19.5. The average Bonchev–Trinajstić information content (AvgIpc) is 2.97. The molecule has 7 heteroatoms. The van der Waals surface area contributed by atoms with E-state index >= 15 is 0 Å². The molecule has 0 saturated heterocycles. The summed E-state index contributed by atoms with van der Waals surface area (Å²) in [6.07, 6.45) is 15.8. The fourth-order valence-corrected chi connectivity index (χ4v) is 4.51. The van der Waals surface area contributed by atoms with E-state index in [2.05, 4.69) is 29.0 Å². The molecular formula is C33H40N4O3. The van der Waals surface area contributed by atoms with Crippen LogP contribution < -0.4 is 10.2 Å². The predicted molar refractivity (Wildman–Crippen MR) is 165 cm³/mol. The van der Waals surface area contributed by atoms with E-state index in [9.17, 15) is 4.79 Å². The van der Waals surface area contributed by atoms with Crippen molar-refractivity contribution in [3.63, 3.8) is 0 Å². The number of anilines is 1. The molecule has 0 radical (unpaired) electrons. The van der Waals surface area contributed by atoms with Gasteiger partial charge in [-0.2, -0.15) is 0 Å². The molecule has 2 aromatic rings. The molecule has 0 bridgehead atoms. The van der Waals surface area contributed by atoms with Crippen LogP contribution in [0.3, 0.4) is 0 Å². The maximum absolute atomic E-state index is 13.4. The van der Waals surface area contributed by atoms with Crippen molar-refractivity contribution in [1.82, 2.24) is 10.3 Å². The zero-order valence-corrected chi connectivity index (χ0v) is 24.2. The fraction of sp³-hybridized carbons (Fsp3) is 0.303. The fourth-order valence-electron chi connectivity index (χ4n) is 4.51. The number of rotatable bonds is 12. The van der Waals surface area contributed by atoms with Gasteiger partial charge >= 0.3 is 5.97 Å². The molecule has 0 unspecified atom stereocenters. The van der Waals surface area contributed by atoms with Crippen molar-refractivity contribution in [2.75, 3.05) is 38.8 Å². The molecule has 1 aromatic carbocycles. The number of carbonyl (C=O) groups is 1. The lowest BCUT2D eigenvalue weighted by Crippen LogP contribution is -2.32. The Morgan fingerprint density at radius 2 is 2.00 bits per heavy atom. The van der Waals surface area contributed by atoms with Crippen molar-refractivity contribution >= 4 is 17.6 Å². The molecule has 0 saturated carbocycles. The van der Waals surface area contributed by atoms with Gasteiger partial charge in [-0.1, -0.05) is 55.1 Å². The molecule has 40 heavy (non-hydrogen) atoms. The summed E-state index contributed by atoms with van der Waals surface area (Å²) < 4.78 is 11.5. The van der Waals surface area contributed by atoms with Gasteiger partial charge in [-0.05, 0) is 63.5 Å². The third-order valence-electron chi connectivity index (χ3n) is 6.32. The molecule has 0 amide bonds. The average molecular weight is 541 g/mol. The van der Waals surface area contributed by atoms with Crippen LogP contribution in [0.1, 0.15) is 48.3 Å². The summed E-state index contributed by atoms with van der Waals surface area (Å²) >= 11 is 0. The summed E-state index contributed by atoms with van der Waals surface area (Å²) in [6.45, 7) is 10.7. The third-order valence-corrected chi connectivity index (χ3v) is 6.32. The summed E-state index contributed by atoms with van der Waals surface area (Å²) in [6, 6.07) is 9.81. The Morgan fingerprint density at radius 1 is 1.23 bits per heavy atom. The van der Waals surface area contributed by atoms with Crippen LogP contribution in [0, 0.1) is 6.92 Å². The standard InChI is InChI=1S/C33H40N4O3/c1-7-16-26(17-8-2)37(6)32-30(31(34-5)35-22-23-40-27-20-14-11-15-21-27)29(25-18-12-10-13-19-25)28(24(4)36-32)33(38)39-9-3/h7-8,10,12-14,16-21H,1,9,11,15,22-23H2,2-6H3,(H,34,35)/b17-8-,26-16+. The molecule has 0 atom stereocenters. The number of benzene rings is 1. The van der Waals surface area contributed by atoms with Gasteiger partial charge in [0.05, 0.1) is 30.0 Å². The van der Waals surface area contributed by atoms with Gasteiger partial charge in [-0.25, -0.2) is 9.78 Å². The predicted octanol–water partition coefficient (Wildman–Crippen LogP) is 6.53. The molecule has 1 aliphatic carbocycles. The number of likely N-dealkylation sites (N-methyl/N-ethyl adjacent to an activating group) is 1. The molecule has 0 fully saturated rings. The first-order valence-electron chi connectivity index (χ1n) is 13.6. The number of aliphatic imine (C=N–C) groups is 1. The second kappa shape index (κ2) is 15.3. The number of hydrogen-bond donors (Lipinski definition) is 1. The second-order valence-corrected chi connectivity index (χ2v) is 9.05. The number of amidine groups is 1. The van der Waals surface area contributed by atoms with Crippen molar-refractivity contribution in [3.8, 4) is 11.1 Å². The van der Waals surface area contributed by atoms with Gasteiger partial charge in [0.15, 0.2) is 0 Å². The molecule has 1 aliphatic rings. The Hall–Kier alpha value is -4.39. The highest BCUT2D eigenvalue weighted by Gasteiger charge is 2.29. The van der Waals surface area contributed by atoms with E-state index in [-0.39, 0.29) is 6.61 Å². The van der Waals surface area contributed by atoms with Crippen LogP contribution in [0.25, 0.3) is 11.1 Å². The van der Waals surface area contributed by atoms with Crippen LogP contribution in [0.15, 0.2) is 95.9 Å². The number of carbonyl (C=O) groups excluding carboxylic acids is 1. The first-order valence-corrected chi connectivity index (χ1v) is 13.6. The van der Waals surface area contributed by atoms with Crippen LogP contribution in [0.4, 0.5) is 5.82 Å². The number of nitrogens with one attached hydrogen (secondary N) is 1. The molecule has 1 heterocycles. The Labute approximate surface area is 238 Å². The second-order valence-electron chi connectivity index (χ2n) is 9.05. The molecule has 210 valence electrons. The monoisotopic (exact) mass is 540 g/mol. The highest BCUT2D eigenvalue weighted by atomic mass is 16.5. The van der Waals surface area contributed by atoms with Crippen molar-refractivity contribution in [2.45, 2.75) is 33.6 Å². The summed E-state index contributed by atoms with van der Waals surface area (Å²) in [7, 11) is 3.67. The number of pyridine rings is 1. The minimum atomic E-state index is -0.424. The van der Waals surface area contributed by atoms with E-state index in [1.165, 1.54) is 0 Å². The lowest BCUT2D eigenvalue weighted by Gasteiger charge is -2.27. The van der Waals surface area contributed by atoms with Gasteiger partial charge in [-0.15, -0.1) is 0 Å². The van der Waals surface area contributed by atoms with Gasteiger partial charge in [0.25, 0.3) is 0 Å². The number of aryl methyl sites for hydroxylation is 1. The van der Waals surface area contributed by atoms with E-state index in [0.29, 0.717) is 47.2 Å². The minimum absolute atomic E-state index is 0.256. The molecule has 3 rings (SSSR count). The molecule has 0 aliphatic heterocycles. The Balaban J connectivity index is 2.21. The van der Waals surface area contributed by atoms with Crippen molar-refractivity contribution in [3.05, 3.63) is 108 Å². The lowest BCUT2D eigenvalue weighted by molar-refractivity contribution is 0.0526. The Kier molecular flexibility index (Phi) is 11.5. The molecular weight excluding hydrogens is 500 g/mol. The van der Waals surface area contributed by atoms with Crippen LogP contribution in [0.2, 0.25) is 0 Å². The first kappa shape index (κ1) is 30.2. The van der Waals surface area contributed by atoms with Crippen LogP contribution >= 0.6 is 0 Å². The minimum Gasteiger partial charge on any atom is -0.492 e. The number of nitrogens with zero attached hydrogens (tertiary/aromatic N) is 3. The molecule has 1 N–H and O–H groups in total.